The number of fused-ring (bicyclic) bond motifs is 1. The summed E-state index contributed by atoms with van der Waals surface area (Å²) < 4.78 is 31.0. The average Bonchev–Trinajstić information content (AvgIpc) is 3.39. The molecular formula is C30H22N4O4S2. The number of anilines is 1. The van der Waals surface area contributed by atoms with Crippen LogP contribution in [-0.2, 0) is 21.3 Å². The second kappa shape index (κ2) is 11.5. The van der Waals surface area contributed by atoms with Crippen molar-refractivity contribution in [2.75, 3.05) is 5.32 Å². The summed E-state index contributed by atoms with van der Waals surface area (Å²) in [6.45, 7) is 1.85. The van der Waals surface area contributed by atoms with Crippen LogP contribution in [0.15, 0.2) is 101 Å². The number of carbonyl (C=O) groups excluding carboxylic acids is 1. The molecule has 40 heavy (non-hydrogen) atoms. The van der Waals surface area contributed by atoms with Gasteiger partial charge in [0.1, 0.15) is 27.3 Å². The van der Waals surface area contributed by atoms with Crippen LogP contribution in [0.25, 0.3) is 16.8 Å². The van der Waals surface area contributed by atoms with Gasteiger partial charge in [-0.2, -0.15) is 13.7 Å². The van der Waals surface area contributed by atoms with Crippen LogP contribution in [0.2, 0.25) is 0 Å². The molecule has 1 amide bonds. The van der Waals surface area contributed by atoms with Gasteiger partial charge in [-0.15, -0.1) is 10.2 Å². The quantitative estimate of drug-likeness (QED) is 0.141. The van der Waals surface area contributed by atoms with Crippen LogP contribution in [0.4, 0.5) is 5.13 Å². The van der Waals surface area contributed by atoms with Gasteiger partial charge in [0, 0.05) is 12.0 Å². The van der Waals surface area contributed by atoms with Gasteiger partial charge in [0.25, 0.3) is 5.91 Å². The fourth-order valence-electron chi connectivity index (χ4n) is 4.00. The molecule has 1 N–H and O–H groups in total. The minimum Gasteiger partial charge on any atom is -0.378 e. The Hall–Kier alpha value is -4.85. The number of nitrogens with one attached hydrogen (secondary N) is 1. The van der Waals surface area contributed by atoms with E-state index in [9.17, 15) is 18.5 Å². The molecule has 1 heterocycles. The van der Waals surface area contributed by atoms with E-state index in [0.29, 0.717) is 11.4 Å². The van der Waals surface area contributed by atoms with Crippen LogP contribution in [0.5, 0.6) is 5.75 Å². The third kappa shape index (κ3) is 6.07. The molecule has 0 spiro atoms. The molecule has 0 radical (unpaired) electrons. The summed E-state index contributed by atoms with van der Waals surface area (Å²) in [7, 11) is -4.13. The highest BCUT2D eigenvalue weighted by Gasteiger charge is 2.19. The van der Waals surface area contributed by atoms with Gasteiger partial charge in [-0.25, -0.2) is 0 Å². The minimum atomic E-state index is -4.13. The van der Waals surface area contributed by atoms with E-state index in [1.54, 1.807) is 30.3 Å². The molecule has 5 rings (SSSR count). The van der Waals surface area contributed by atoms with Crippen LogP contribution in [-0.4, -0.2) is 24.5 Å². The van der Waals surface area contributed by atoms with Crippen molar-refractivity contribution in [2.45, 2.75) is 18.2 Å². The number of hydrogen-bond acceptors (Lipinski definition) is 8. The number of amides is 1. The Morgan fingerprint density at radius 3 is 2.50 bits per heavy atom. The van der Waals surface area contributed by atoms with E-state index < -0.39 is 16.0 Å². The molecule has 0 fully saturated rings. The summed E-state index contributed by atoms with van der Waals surface area (Å²) in [6.07, 6.45) is 1.81. The Morgan fingerprint density at radius 2 is 1.70 bits per heavy atom. The molecule has 4 aromatic carbocycles. The van der Waals surface area contributed by atoms with Crippen molar-refractivity contribution in [3.05, 3.63) is 118 Å². The van der Waals surface area contributed by atoms with E-state index >= 15 is 0 Å². The number of nitrogens with zero attached hydrogens (tertiary/aromatic N) is 3. The molecule has 198 valence electrons. The van der Waals surface area contributed by atoms with Crippen molar-refractivity contribution >= 4 is 49.3 Å². The summed E-state index contributed by atoms with van der Waals surface area (Å²) in [5, 5.41) is 23.7. The summed E-state index contributed by atoms with van der Waals surface area (Å²) in [4.78, 5) is 12.9. The minimum absolute atomic E-state index is 0.00861. The Labute approximate surface area is 235 Å². The monoisotopic (exact) mass is 566 g/mol. The van der Waals surface area contributed by atoms with Crippen molar-refractivity contribution in [3.63, 3.8) is 0 Å². The molecular weight excluding hydrogens is 544 g/mol. The second-order valence-electron chi connectivity index (χ2n) is 8.83. The maximum Gasteiger partial charge on any atom is 0.339 e. The normalized spacial score (nSPS) is 11.7. The predicted molar refractivity (Wildman–Crippen MR) is 154 cm³/mol. The van der Waals surface area contributed by atoms with Crippen molar-refractivity contribution in [1.29, 1.82) is 5.26 Å². The lowest BCUT2D eigenvalue weighted by Gasteiger charge is -2.10. The van der Waals surface area contributed by atoms with Gasteiger partial charge in [0.2, 0.25) is 5.13 Å². The van der Waals surface area contributed by atoms with E-state index in [4.69, 9.17) is 4.18 Å². The summed E-state index contributed by atoms with van der Waals surface area (Å²) in [5.74, 6) is -0.719. The first-order valence-electron chi connectivity index (χ1n) is 12.1. The fourth-order valence-corrected chi connectivity index (χ4v) is 5.71. The predicted octanol–water partition coefficient (Wildman–Crippen LogP) is 5.90. The first kappa shape index (κ1) is 26.7. The highest BCUT2D eigenvalue weighted by Crippen LogP contribution is 2.27. The smallest absolute Gasteiger partial charge is 0.339 e. The van der Waals surface area contributed by atoms with Crippen LogP contribution in [0, 0.1) is 18.3 Å². The van der Waals surface area contributed by atoms with Crippen LogP contribution in [0.1, 0.15) is 21.7 Å². The third-order valence-corrected chi connectivity index (χ3v) is 8.09. The molecule has 0 saturated carbocycles. The summed E-state index contributed by atoms with van der Waals surface area (Å²) in [6, 6.07) is 28.5. The number of para-hydroxylation sites is 1. The highest BCUT2D eigenvalue weighted by molar-refractivity contribution is 7.87. The Morgan fingerprint density at radius 1 is 0.975 bits per heavy atom. The Balaban J connectivity index is 1.33. The summed E-state index contributed by atoms with van der Waals surface area (Å²) in [5.41, 5.74) is 1.98. The zero-order valence-corrected chi connectivity index (χ0v) is 22.9. The van der Waals surface area contributed by atoms with E-state index in [1.165, 1.54) is 35.6 Å². The van der Waals surface area contributed by atoms with Gasteiger partial charge in [-0.3, -0.25) is 10.1 Å². The molecule has 0 atom stereocenters. The number of benzene rings is 4. The van der Waals surface area contributed by atoms with Crippen molar-refractivity contribution in [3.8, 4) is 11.8 Å². The molecule has 0 aliphatic carbocycles. The van der Waals surface area contributed by atoms with Crippen molar-refractivity contribution in [2.24, 2.45) is 0 Å². The molecule has 0 bridgehead atoms. The topological polar surface area (TPSA) is 122 Å². The first-order valence-corrected chi connectivity index (χ1v) is 14.4. The number of aromatic nitrogens is 2. The third-order valence-electron chi connectivity index (χ3n) is 6.00. The molecule has 8 nitrogen and oxygen atoms in total. The van der Waals surface area contributed by atoms with Gasteiger partial charge in [0.05, 0.1) is 0 Å². The highest BCUT2D eigenvalue weighted by atomic mass is 32.2. The lowest BCUT2D eigenvalue weighted by Crippen LogP contribution is -2.13. The standard InChI is InChI=1S/C30H22N4O4S2/c1-20-13-15-25(16-14-20)40(36,37)38-27-12-5-3-8-23(27)17-24(19-31)29(35)32-30-34-33-28(39-30)18-22-10-6-9-21-7-2-4-11-26(21)22/h2-17H,18H2,1H3,(H,32,34,35)/b24-17+. The van der Waals surface area contributed by atoms with Gasteiger partial charge >= 0.3 is 10.1 Å². The van der Waals surface area contributed by atoms with E-state index in [2.05, 4.69) is 15.5 Å². The fraction of sp³-hybridized carbons (Fsp3) is 0.0667. The molecule has 0 aliphatic heterocycles. The van der Waals surface area contributed by atoms with Gasteiger partial charge in [-0.1, -0.05) is 89.7 Å². The number of carbonyl (C=O) groups is 1. The second-order valence-corrected chi connectivity index (χ2v) is 11.4. The summed E-state index contributed by atoms with van der Waals surface area (Å²) >= 11 is 1.21. The largest absolute Gasteiger partial charge is 0.378 e. The maximum atomic E-state index is 12.9. The van der Waals surface area contributed by atoms with Gasteiger partial charge in [-0.05, 0) is 47.5 Å². The van der Waals surface area contributed by atoms with Crippen LogP contribution in [0.3, 0.4) is 0 Å². The van der Waals surface area contributed by atoms with Crippen molar-refractivity contribution < 1.29 is 17.4 Å². The molecule has 5 aromatic rings. The maximum absolute atomic E-state index is 12.9. The first-order chi connectivity index (χ1) is 19.3. The van der Waals surface area contributed by atoms with Crippen LogP contribution >= 0.6 is 11.3 Å². The molecule has 0 saturated heterocycles. The molecule has 0 unspecified atom stereocenters. The lowest BCUT2D eigenvalue weighted by atomic mass is 10.0. The van der Waals surface area contributed by atoms with E-state index in [0.717, 1.165) is 21.9 Å². The zero-order valence-electron chi connectivity index (χ0n) is 21.2. The number of aryl methyl sites for hydroxylation is 1. The van der Waals surface area contributed by atoms with Gasteiger partial charge in [0.15, 0.2) is 0 Å². The van der Waals surface area contributed by atoms with Crippen molar-refractivity contribution in [1.82, 2.24) is 10.2 Å². The SMILES string of the molecule is Cc1ccc(S(=O)(=O)Oc2ccccc2/C=C(\C#N)C(=O)Nc2nnc(Cc3cccc4ccccc34)s2)cc1. The lowest BCUT2D eigenvalue weighted by molar-refractivity contribution is -0.112. The zero-order chi connectivity index (χ0) is 28.1. The Bertz CT molecular complexity index is 1880. The van der Waals surface area contributed by atoms with E-state index in [1.807, 2.05) is 55.5 Å². The molecule has 0 aliphatic rings. The van der Waals surface area contributed by atoms with E-state index in [-0.39, 0.29) is 26.9 Å². The number of nitriles is 1. The van der Waals surface area contributed by atoms with Gasteiger partial charge < -0.3 is 4.18 Å². The number of hydrogen-bond donors (Lipinski definition) is 1. The van der Waals surface area contributed by atoms with Crippen LogP contribution < -0.4 is 9.50 Å². The number of rotatable bonds is 8. The Kier molecular flexibility index (Phi) is 7.68. The molecule has 10 heteroatoms. The average molecular weight is 567 g/mol. The molecule has 1 aromatic heterocycles.